The van der Waals surface area contributed by atoms with Gasteiger partial charge in [0, 0.05) is 16.4 Å². The molecule has 16 heavy (non-hydrogen) atoms. The van der Waals surface area contributed by atoms with Crippen LogP contribution in [0.1, 0.15) is 5.56 Å². The standard InChI is InChI=1S/C12H9BrClNS/c13-10-4-1-3-9(7-10)8-16-12-11(14)5-2-6-15-12/h1-7H,8H2. The van der Waals surface area contributed by atoms with Crippen LogP contribution in [-0.4, -0.2) is 4.98 Å². The van der Waals surface area contributed by atoms with Crippen molar-refractivity contribution in [2.45, 2.75) is 10.8 Å². The van der Waals surface area contributed by atoms with Gasteiger partial charge in [-0.1, -0.05) is 39.7 Å². The van der Waals surface area contributed by atoms with Gasteiger partial charge >= 0.3 is 0 Å². The third-order valence-corrected chi connectivity index (χ3v) is 3.98. The number of benzene rings is 1. The number of thioether (sulfide) groups is 1. The van der Waals surface area contributed by atoms with E-state index in [1.807, 2.05) is 24.3 Å². The minimum Gasteiger partial charge on any atom is -0.248 e. The highest BCUT2D eigenvalue weighted by molar-refractivity contribution is 9.10. The Morgan fingerprint density at radius 1 is 1.25 bits per heavy atom. The van der Waals surface area contributed by atoms with E-state index in [2.05, 4.69) is 33.0 Å². The molecule has 0 spiro atoms. The van der Waals surface area contributed by atoms with E-state index in [1.54, 1.807) is 18.0 Å². The summed E-state index contributed by atoms with van der Waals surface area (Å²) < 4.78 is 1.10. The Hall–Kier alpha value is -0.510. The van der Waals surface area contributed by atoms with Gasteiger partial charge in [-0.05, 0) is 29.8 Å². The van der Waals surface area contributed by atoms with Gasteiger partial charge in [0.1, 0.15) is 5.03 Å². The highest BCUT2D eigenvalue weighted by Crippen LogP contribution is 2.27. The Kier molecular flexibility index (Phi) is 4.27. The summed E-state index contributed by atoms with van der Waals surface area (Å²) in [5, 5.41) is 1.59. The molecule has 0 saturated carbocycles. The summed E-state index contributed by atoms with van der Waals surface area (Å²) in [5.74, 6) is 0.871. The molecule has 1 nitrogen and oxygen atoms in total. The number of hydrogen-bond donors (Lipinski definition) is 0. The van der Waals surface area contributed by atoms with Crippen molar-refractivity contribution in [3.8, 4) is 0 Å². The maximum Gasteiger partial charge on any atom is 0.115 e. The van der Waals surface area contributed by atoms with E-state index < -0.39 is 0 Å². The topological polar surface area (TPSA) is 12.9 Å². The Balaban J connectivity index is 2.05. The number of aromatic nitrogens is 1. The fourth-order valence-electron chi connectivity index (χ4n) is 1.26. The van der Waals surface area contributed by atoms with Crippen LogP contribution in [0.25, 0.3) is 0 Å². The normalized spacial score (nSPS) is 10.4. The summed E-state index contributed by atoms with van der Waals surface area (Å²) in [7, 11) is 0. The van der Waals surface area contributed by atoms with Gasteiger partial charge < -0.3 is 0 Å². The number of nitrogens with zero attached hydrogens (tertiary/aromatic N) is 1. The molecule has 1 heterocycles. The zero-order chi connectivity index (χ0) is 11.4. The summed E-state index contributed by atoms with van der Waals surface area (Å²) in [6, 6.07) is 11.9. The average molecular weight is 315 g/mol. The van der Waals surface area contributed by atoms with E-state index >= 15 is 0 Å². The van der Waals surface area contributed by atoms with Crippen LogP contribution in [0.4, 0.5) is 0 Å². The van der Waals surface area contributed by atoms with E-state index in [1.165, 1.54) is 5.56 Å². The van der Waals surface area contributed by atoms with Gasteiger partial charge in [-0.2, -0.15) is 0 Å². The summed E-state index contributed by atoms with van der Waals surface area (Å²) in [6.45, 7) is 0. The van der Waals surface area contributed by atoms with Crippen molar-refractivity contribution in [3.05, 3.63) is 57.7 Å². The first-order valence-corrected chi connectivity index (χ1v) is 6.89. The third-order valence-electron chi connectivity index (χ3n) is 1.99. The molecular weight excluding hydrogens is 306 g/mol. The maximum absolute atomic E-state index is 6.03. The van der Waals surface area contributed by atoms with Crippen LogP contribution < -0.4 is 0 Å². The highest BCUT2D eigenvalue weighted by atomic mass is 79.9. The predicted octanol–water partition coefficient (Wildman–Crippen LogP) is 4.79. The predicted molar refractivity (Wildman–Crippen MR) is 73.0 cm³/mol. The molecule has 0 aliphatic carbocycles. The van der Waals surface area contributed by atoms with Crippen LogP contribution in [0.2, 0.25) is 5.02 Å². The molecule has 0 aliphatic rings. The van der Waals surface area contributed by atoms with Gasteiger partial charge in [0.25, 0.3) is 0 Å². The van der Waals surface area contributed by atoms with Crippen LogP contribution in [0, 0.1) is 0 Å². The highest BCUT2D eigenvalue weighted by Gasteiger charge is 2.02. The largest absolute Gasteiger partial charge is 0.248 e. The van der Waals surface area contributed by atoms with Gasteiger partial charge in [-0.25, -0.2) is 4.98 Å². The van der Waals surface area contributed by atoms with Crippen LogP contribution in [-0.2, 0) is 5.75 Å². The molecule has 2 rings (SSSR count). The fraction of sp³-hybridized carbons (Fsp3) is 0.0833. The number of pyridine rings is 1. The molecule has 82 valence electrons. The fourth-order valence-corrected chi connectivity index (χ4v) is 2.81. The average Bonchev–Trinajstić information content (AvgIpc) is 2.28. The van der Waals surface area contributed by atoms with Crippen molar-refractivity contribution in [2.24, 2.45) is 0 Å². The lowest BCUT2D eigenvalue weighted by atomic mass is 10.2. The van der Waals surface area contributed by atoms with Gasteiger partial charge in [-0.3, -0.25) is 0 Å². The van der Waals surface area contributed by atoms with Crippen LogP contribution in [0.3, 0.4) is 0 Å². The van der Waals surface area contributed by atoms with Crippen LogP contribution in [0.15, 0.2) is 52.1 Å². The molecule has 0 amide bonds. The second kappa shape index (κ2) is 5.71. The quantitative estimate of drug-likeness (QED) is 0.756. The van der Waals surface area contributed by atoms with E-state index in [0.29, 0.717) is 5.02 Å². The molecule has 0 N–H and O–H groups in total. The molecule has 0 fully saturated rings. The van der Waals surface area contributed by atoms with Gasteiger partial charge in [0.15, 0.2) is 0 Å². The summed E-state index contributed by atoms with van der Waals surface area (Å²) in [4.78, 5) is 4.24. The maximum atomic E-state index is 6.03. The molecule has 4 heteroatoms. The van der Waals surface area contributed by atoms with E-state index in [4.69, 9.17) is 11.6 Å². The smallest absolute Gasteiger partial charge is 0.115 e. The van der Waals surface area contributed by atoms with Gasteiger partial charge in [-0.15, -0.1) is 11.8 Å². The van der Waals surface area contributed by atoms with Crippen molar-refractivity contribution in [1.29, 1.82) is 0 Å². The SMILES string of the molecule is Clc1cccnc1SCc1cccc(Br)c1. The van der Waals surface area contributed by atoms with Crippen molar-refractivity contribution in [2.75, 3.05) is 0 Å². The lowest BCUT2D eigenvalue weighted by Gasteiger charge is -2.03. The lowest BCUT2D eigenvalue weighted by molar-refractivity contribution is 1.13. The monoisotopic (exact) mass is 313 g/mol. The van der Waals surface area contributed by atoms with Crippen molar-refractivity contribution < 1.29 is 0 Å². The first kappa shape index (κ1) is 12.0. The van der Waals surface area contributed by atoms with Gasteiger partial charge in [0.05, 0.1) is 5.02 Å². The molecule has 0 unspecified atom stereocenters. The Morgan fingerprint density at radius 2 is 2.12 bits per heavy atom. The first-order chi connectivity index (χ1) is 7.75. The molecule has 0 atom stereocenters. The summed E-state index contributed by atoms with van der Waals surface area (Å²) >= 11 is 11.1. The lowest BCUT2D eigenvalue weighted by Crippen LogP contribution is -1.83. The van der Waals surface area contributed by atoms with E-state index in [0.717, 1.165) is 15.3 Å². The minimum atomic E-state index is 0.711. The zero-order valence-electron chi connectivity index (χ0n) is 8.36. The van der Waals surface area contributed by atoms with Gasteiger partial charge in [0.2, 0.25) is 0 Å². The Labute approximate surface area is 112 Å². The molecule has 0 radical (unpaired) electrons. The zero-order valence-corrected chi connectivity index (χ0v) is 11.5. The Bertz CT molecular complexity index is 490. The summed E-state index contributed by atoms with van der Waals surface area (Å²) in [5.41, 5.74) is 1.25. The van der Waals surface area contributed by atoms with E-state index in [-0.39, 0.29) is 0 Å². The molecule has 0 aliphatic heterocycles. The molecule has 2 aromatic rings. The molecule has 1 aromatic heterocycles. The molecule has 0 saturated heterocycles. The number of hydrogen-bond acceptors (Lipinski definition) is 2. The second-order valence-electron chi connectivity index (χ2n) is 3.21. The second-order valence-corrected chi connectivity index (χ2v) is 5.50. The first-order valence-electron chi connectivity index (χ1n) is 4.73. The third kappa shape index (κ3) is 3.24. The van der Waals surface area contributed by atoms with Crippen molar-refractivity contribution in [1.82, 2.24) is 4.98 Å². The van der Waals surface area contributed by atoms with E-state index in [9.17, 15) is 0 Å². The molecular formula is C12H9BrClNS. The molecule has 1 aromatic carbocycles. The van der Waals surface area contributed by atoms with Crippen molar-refractivity contribution >= 4 is 39.3 Å². The number of halogens is 2. The minimum absolute atomic E-state index is 0.711. The number of rotatable bonds is 3. The van der Waals surface area contributed by atoms with Crippen LogP contribution in [0.5, 0.6) is 0 Å². The summed E-state index contributed by atoms with van der Waals surface area (Å²) in [6.07, 6.45) is 1.76. The Morgan fingerprint density at radius 3 is 2.88 bits per heavy atom. The van der Waals surface area contributed by atoms with Crippen LogP contribution >= 0.6 is 39.3 Å². The van der Waals surface area contributed by atoms with Crippen molar-refractivity contribution in [3.63, 3.8) is 0 Å². The molecule has 0 bridgehead atoms.